The van der Waals surface area contributed by atoms with Gasteiger partial charge in [-0.05, 0) is 20.3 Å². The summed E-state index contributed by atoms with van der Waals surface area (Å²) >= 11 is 1.47. The molecule has 0 bridgehead atoms. The number of sulfone groups is 1. The number of rotatable bonds is 5. The molecular weight excluding hydrogens is 344 g/mol. The predicted molar refractivity (Wildman–Crippen MR) is 93.8 cm³/mol. The summed E-state index contributed by atoms with van der Waals surface area (Å²) in [7, 11) is -1.83. The van der Waals surface area contributed by atoms with E-state index in [-0.39, 0.29) is 10.9 Å². The maximum absolute atomic E-state index is 12.6. The van der Waals surface area contributed by atoms with Gasteiger partial charge in [0.1, 0.15) is 0 Å². The van der Waals surface area contributed by atoms with Crippen molar-refractivity contribution in [3.8, 4) is 11.4 Å². The van der Waals surface area contributed by atoms with Crippen molar-refractivity contribution >= 4 is 21.2 Å². The van der Waals surface area contributed by atoms with Gasteiger partial charge >= 0.3 is 0 Å². The number of nitrogens with zero attached hydrogens (tertiary/aromatic N) is 4. The van der Waals surface area contributed by atoms with Gasteiger partial charge in [-0.15, -0.1) is 21.5 Å². The minimum absolute atomic E-state index is 0.000225. The van der Waals surface area contributed by atoms with Crippen LogP contribution >= 0.6 is 11.3 Å². The van der Waals surface area contributed by atoms with Crippen LogP contribution in [0.15, 0.2) is 34.9 Å². The minimum Gasteiger partial charge on any atom is -0.301 e. The van der Waals surface area contributed by atoms with Crippen molar-refractivity contribution in [2.45, 2.75) is 25.4 Å². The molecule has 1 aromatic carbocycles. The first-order chi connectivity index (χ1) is 11.4. The molecule has 0 unspecified atom stereocenters. The fourth-order valence-corrected chi connectivity index (χ4v) is 4.66. The lowest BCUT2D eigenvalue weighted by Gasteiger charge is -2.05. The average Bonchev–Trinajstić information content (AvgIpc) is 3.12. The molecule has 2 heterocycles. The van der Waals surface area contributed by atoms with E-state index in [1.54, 1.807) is 17.1 Å². The molecule has 24 heavy (non-hydrogen) atoms. The van der Waals surface area contributed by atoms with Gasteiger partial charge in [0.05, 0.1) is 17.0 Å². The number of thiazole rings is 1. The van der Waals surface area contributed by atoms with E-state index < -0.39 is 9.84 Å². The van der Waals surface area contributed by atoms with Crippen LogP contribution in [0, 0.1) is 13.8 Å². The van der Waals surface area contributed by atoms with Gasteiger partial charge in [0.25, 0.3) is 0 Å². The Morgan fingerprint density at radius 2 is 1.83 bits per heavy atom. The smallest absolute Gasteiger partial charge is 0.249 e. The molecule has 3 aromatic rings. The van der Waals surface area contributed by atoms with Gasteiger partial charge < -0.3 is 4.57 Å². The zero-order valence-electron chi connectivity index (χ0n) is 13.7. The molecule has 0 amide bonds. The molecule has 0 aliphatic rings. The summed E-state index contributed by atoms with van der Waals surface area (Å²) in [6, 6.07) is 7.75. The van der Waals surface area contributed by atoms with Gasteiger partial charge in [-0.25, -0.2) is 13.4 Å². The summed E-state index contributed by atoms with van der Waals surface area (Å²) in [4.78, 5) is 5.13. The van der Waals surface area contributed by atoms with Gasteiger partial charge in [-0.2, -0.15) is 0 Å². The van der Waals surface area contributed by atoms with Crippen LogP contribution in [0.1, 0.15) is 16.1 Å². The summed E-state index contributed by atoms with van der Waals surface area (Å²) in [5.41, 5.74) is 4.59. The fourth-order valence-electron chi connectivity index (χ4n) is 2.42. The van der Waals surface area contributed by atoms with Crippen LogP contribution in [0.2, 0.25) is 0 Å². The largest absolute Gasteiger partial charge is 0.301 e. The van der Waals surface area contributed by atoms with Gasteiger partial charge in [0, 0.05) is 17.5 Å². The SMILES string of the molecule is Cc1ccc(-c2nnc(S(=O)(=O)CCc3scnc3C)n2C)cc1. The monoisotopic (exact) mass is 362 g/mol. The lowest BCUT2D eigenvalue weighted by atomic mass is 10.1. The minimum atomic E-state index is -3.51. The molecule has 0 saturated carbocycles. The van der Waals surface area contributed by atoms with Crippen molar-refractivity contribution in [1.82, 2.24) is 19.7 Å². The predicted octanol–water partition coefficient (Wildman–Crippen LogP) is 2.57. The molecule has 8 heteroatoms. The van der Waals surface area contributed by atoms with Crippen molar-refractivity contribution in [3.05, 3.63) is 45.9 Å². The van der Waals surface area contributed by atoms with E-state index in [0.29, 0.717) is 12.2 Å². The molecule has 0 aliphatic heterocycles. The van der Waals surface area contributed by atoms with Gasteiger partial charge in [0.15, 0.2) is 5.82 Å². The van der Waals surface area contributed by atoms with Crippen molar-refractivity contribution in [1.29, 1.82) is 0 Å². The Hall–Kier alpha value is -2.06. The lowest BCUT2D eigenvalue weighted by molar-refractivity contribution is 0.578. The summed E-state index contributed by atoms with van der Waals surface area (Å²) in [5.74, 6) is 0.540. The fraction of sp³-hybridized carbons (Fsp3) is 0.312. The van der Waals surface area contributed by atoms with E-state index in [2.05, 4.69) is 15.2 Å². The second-order valence-electron chi connectivity index (χ2n) is 5.66. The molecule has 0 spiro atoms. The van der Waals surface area contributed by atoms with Gasteiger partial charge in [-0.3, -0.25) is 0 Å². The maximum atomic E-state index is 12.6. The number of hydrogen-bond donors (Lipinski definition) is 0. The quantitative estimate of drug-likeness (QED) is 0.697. The third-order valence-electron chi connectivity index (χ3n) is 3.87. The second kappa shape index (κ2) is 6.45. The Balaban J connectivity index is 1.86. The number of hydrogen-bond acceptors (Lipinski definition) is 6. The topological polar surface area (TPSA) is 77.7 Å². The molecule has 0 aliphatic carbocycles. The van der Waals surface area contributed by atoms with E-state index in [9.17, 15) is 8.42 Å². The maximum Gasteiger partial charge on any atom is 0.249 e. The van der Waals surface area contributed by atoms with Crippen LogP contribution in [0.4, 0.5) is 0 Å². The van der Waals surface area contributed by atoms with E-state index in [4.69, 9.17) is 0 Å². The molecule has 0 saturated heterocycles. The molecule has 3 rings (SSSR count). The molecule has 0 N–H and O–H groups in total. The lowest BCUT2D eigenvalue weighted by Crippen LogP contribution is -2.14. The standard InChI is InChI=1S/C16H18N4O2S2/c1-11-4-6-13(7-5-11)15-18-19-16(20(15)3)24(21,22)9-8-14-12(2)17-10-23-14/h4-7,10H,8-9H2,1-3H3. The van der Waals surface area contributed by atoms with E-state index in [1.165, 1.54) is 11.3 Å². The van der Waals surface area contributed by atoms with Crippen molar-refractivity contribution in [2.24, 2.45) is 7.05 Å². The van der Waals surface area contributed by atoms with E-state index in [1.807, 2.05) is 38.1 Å². The highest BCUT2D eigenvalue weighted by Crippen LogP contribution is 2.21. The molecule has 126 valence electrons. The first-order valence-corrected chi connectivity index (χ1v) is 10.00. The highest BCUT2D eigenvalue weighted by molar-refractivity contribution is 7.91. The Kier molecular flexibility index (Phi) is 4.51. The normalized spacial score (nSPS) is 11.8. The molecule has 0 radical (unpaired) electrons. The van der Waals surface area contributed by atoms with Crippen LogP contribution < -0.4 is 0 Å². The Bertz CT molecular complexity index is 956. The van der Waals surface area contributed by atoms with Crippen LogP contribution in [0.3, 0.4) is 0 Å². The highest BCUT2D eigenvalue weighted by Gasteiger charge is 2.24. The molecule has 2 aromatic heterocycles. The summed E-state index contributed by atoms with van der Waals surface area (Å²) in [6.07, 6.45) is 0.436. The first-order valence-electron chi connectivity index (χ1n) is 7.46. The van der Waals surface area contributed by atoms with Crippen LogP contribution in [-0.2, 0) is 23.3 Å². The average molecular weight is 362 g/mol. The van der Waals surface area contributed by atoms with E-state index >= 15 is 0 Å². The molecule has 6 nitrogen and oxygen atoms in total. The third kappa shape index (κ3) is 3.25. The number of benzene rings is 1. The highest BCUT2D eigenvalue weighted by atomic mass is 32.2. The second-order valence-corrected chi connectivity index (χ2v) is 8.60. The molecular formula is C16H18N4O2S2. The summed E-state index contributed by atoms with van der Waals surface area (Å²) < 4.78 is 26.8. The van der Waals surface area contributed by atoms with Crippen LogP contribution in [0.5, 0.6) is 0 Å². The van der Waals surface area contributed by atoms with Crippen LogP contribution in [-0.4, -0.2) is 33.9 Å². The van der Waals surface area contributed by atoms with E-state index in [0.717, 1.165) is 21.7 Å². The third-order valence-corrected chi connectivity index (χ3v) is 6.51. The Morgan fingerprint density at radius 1 is 1.12 bits per heavy atom. The zero-order valence-corrected chi connectivity index (χ0v) is 15.4. The van der Waals surface area contributed by atoms with Crippen molar-refractivity contribution < 1.29 is 8.42 Å². The van der Waals surface area contributed by atoms with Crippen molar-refractivity contribution in [3.63, 3.8) is 0 Å². The Morgan fingerprint density at radius 3 is 2.46 bits per heavy atom. The number of aromatic nitrogens is 4. The summed E-state index contributed by atoms with van der Waals surface area (Å²) in [6.45, 7) is 3.88. The molecule has 0 fully saturated rings. The molecule has 0 atom stereocenters. The summed E-state index contributed by atoms with van der Waals surface area (Å²) in [5, 5.41) is 7.99. The van der Waals surface area contributed by atoms with Gasteiger partial charge in [-0.1, -0.05) is 29.8 Å². The zero-order chi connectivity index (χ0) is 17.3. The van der Waals surface area contributed by atoms with Crippen LogP contribution in [0.25, 0.3) is 11.4 Å². The van der Waals surface area contributed by atoms with Gasteiger partial charge in [0.2, 0.25) is 15.0 Å². The Labute approximate surface area is 145 Å². The first kappa shape index (κ1) is 16.8. The number of aryl methyl sites for hydroxylation is 3. The van der Waals surface area contributed by atoms with Crippen molar-refractivity contribution in [2.75, 3.05) is 5.75 Å².